The Balaban J connectivity index is 1.53. The molecule has 0 radical (unpaired) electrons. The number of aliphatic carboxylic acids is 1. The van der Waals surface area contributed by atoms with Crippen LogP contribution in [0.1, 0.15) is 67.3 Å². The van der Waals surface area contributed by atoms with Gasteiger partial charge in [-0.2, -0.15) is 0 Å². The fourth-order valence-electron chi connectivity index (χ4n) is 3.66. The summed E-state index contributed by atoms with van der Waals surface area (Å²) >= 11 is 0. The molecule has 160 valence electrons. The second kappa shape index (κ2) is 8.69. The van der Waals surface area contributed by atoms with E-state index in [2.05, 4.69) is 15.8 Å². The molecule has 2 amide bonds. The van der Waals surface area contributed by atoms with Crippen molar-refractivity contribution in [3.05, 3.63) is 47.3 Å². The van der Waals surface area contributed by atoms with Crippen LogP contribution in [0.2, 0.25) is 0 Å². The second-order valence-electron chi connectivity index (χ2n) is 8.37. The van der Waals surface area contributed by atoms with Gasteiger partial charge in [-0.15, -0.1) is 0 Å². The lowest BCUT2D eigenvalue weighted by Gasteiger charge is -2.30. The average Bonchev–Trinajstić information content (AvgIpc) is 3.15. The first kappa shape index (κ1) is 21.5. The number of hydrogen-bond acceptors (Lipinski definition) is 5. The molecule has 3 rings (SSSR count). The molecule has 30 heavy (non-hydrogen) atoms. The molecule has 8 heteroatoms. The molecule has 1 aliphatic rings. The molecule has 1 aromatic carbocycles. The molecule has 1 saturated carbocycles. The summed E-state index contributed by atoms with van der Waals surface area (Å²) in [5.74, 6) is -0.812. The molecule has 0 atom stereocenters. The molecule has 1 aromatic heterocycles. The smallest absolute Gasteiger partial charge is 0.328 e. The molecule has 3 N–H and O–H groups in total. The van der Waals surface area contributed by atoms with Crippen LogP contribution in [0, 0.1) is 12.8 Å². The summed E-state index contributed by atoms with van der Waals surface area (Å²) in [6, 6.07) is 9.27. The largest absolute Gasteiger partial charge is 0.480 e. The van der Waals surface area contributed by atoms with Crippen molar-refractivity contribution in [2.75, 3.05) is 5.32 Å². The maximum atomic E-state index is 12.4. The summed E-state index contributed by atoms with van der Waals surface area (Å²) in [5.41, 5.74) is 0.807. The van der Waals surface area contributed by atoms with Crippen LogP contribution in [0.5, 0.6) is 0 Å². The third-order valence-corrected chi connectivity index (χ3v) is 5.57. The molecule has 1 heterocycles. The number of carboxylic acid groups (broad SMARTS) is 1. The van der Waals surface area contributed by atoms with Crippen molar-refractivity contribution in [3.8, 4) is 0 Å². The number of rotatable bonds is 6. The summed E-state index contributed by atoms with van der Waals surface area (Å²) in [6.45, 7) is 4.70. The highest BCUT2D eigenvalue weighted by Crippen LogP contribution is 2.36. The number of carboxylic acids is 1. The molecular formula is C22H27N3O5. The molecule has 0 spiro atoms. The fourth-order valence-corrected chi connectivity index (χ4v) is 3.66. The SMILES string of the molecule is Cc1cc(C(=O)Nc2ccc([C@H]3CC[C@H](C(=O)NC(C)(C)C(=O)O)CC3)cc2)no1. The monoisotopic (exact) mass is 413 g/mol. The van der Waals surface area contributed by atoms with Gasteiger partial charge in [0.2, 0.25) is 5.91 Å². The van der Waals surface area contributed by atoms with E-state index in [0.717, 1.165) is 31.2 Å². The Morgan fingerprint density at radius 2 is 1.73 bits per heavy atom. The van der Waals surface area contributed by atoms with Crippen LogP contribution in [0.15, 0.2) is 34.9 Å². The predicted molar refractivity (Wildman–Crippen MR) is 110 cm³/mol. The minimum atomic E-state index is -1.27. The van der Waals surface area contributed by atoms with Crippen LogP contribution in [-0.4, -0.2) is 33.6 Å². The van der Waals surface area contributed by atoms with Gasteiger partial charge in [0.1, 0.15) is 11.3 Å². The van der Waals surface area contributed by atoms with Gasteiger partial charge < -0.3 is 20.3 Å². The third-order valence-electron chi connectivity index (χ3n) is 5.57. The zero-order valence-electron chi connectivity index (χ0n) is 17.4. The zero-order valence-corrected chi connectivity index (χ0v) is 17.4. The van der Waals surface area contributed by atoms with E-state index in [9.17, 15) is 19.5 Å². The Morgan fingerprint density at radius 1 is 1.10 bits per heavy atom. The Kier molecular flexibility index (Phi) is 6.24. The summed E-state index contributed by atoms with van der Waals surface area (Å²) in [5, 5.41) is 18.3. The van der Waals surface area contributed by atoms with Crippen LogP contribution in [0.4, 0.5) is 5.69 Å². The molecule has 2 aromatic rings. The van der Waals surface area contributed by atoms with Crippen molar-refractivity contribution < 1.29 is 24.0 Å². The van der Waals surface area contributed by atoms with Crippen LogP contribution in [-0.2, 0) is 9.59 Å². The average molecular weight is 413 g/mol. The van der Waals surface area contributed by atoms with E-state index in [0.29, 0.717) is 17.4 Å². The lowest BCUT2D eigenvalue weighted by atomic mass is 9.78. The summed E-state index contributed by atoms with van der Waals surface area (Å²) in [4.78, 5) is 35.8. The number of aryl methyl sites for hydroxylation is 1. The van der Waals surface area contributed by atoms with E-state index < -0.39 is 11.5 Å². The minimum Gasteiger partial charge on any atom is -0.480 e. The van der Waals surface area contributed by atoms with E-state index in [1.54, 1.807) is 13.0 Å². The molecule has 0 bridgehead atoms. The summed E-state index contributed by atoms with van der Waals surface area (Å²) < 4.78 is 4.92. The van der Waals surface area contributed by atoms with Crippen LogP contribution in [0.25, 0.3) is 0 Å². The first-order valence-electron chi connectivity index (χ1n) is 10.1. The topological polar surface area (TPSA) is 122 Å². The minimum absolute atomic E-state index is 0.163. The lowest BCUT2D eigenvalue weighted by Crippen LogP contribution is -2.51. The molecule has 1 aliphatic carbocycles. The van der Waals surface area contributed by atoms with Gasteiger partial charge in [-0.1, -0.05) is 17.3 Å². The zero-order chi connectivity index (χ0) is 21.9. The highest BCUT2D eigenvalue weighted by molar-refractivity contribution is 6.02. The van der Waals surface area contributed by atoms with Gasteiger partial charge in [0.15, 0.2) is 5.69 Å². The highest BCUT2D eigenvalue weighted by Gasteiger charge is 2.33. The van der Waals surface area contributed by atoms with Crippen LogP contribution < -0.4 is 10.6 Å². The molecule has 0 unspecified atom stereocenters. The maximum absolute atomic E-state index is 12.4. The molecule has 8 nitrogen and oxygen atoms in total. The first-order chi connectivity index (χ1) is 14.2. The molecular weight excluding hydrogens is 386 g/mol. The molecule has 0 saturated heterocycles. The maximum Gasteiger partial charge on any atom is 0.328 e. The van der Waals surface area contributed by atoms with Crippen molar-refractivity contribution >= 4 is 23.5 Å². The van der Waals surface area contributed by atoms with Crippen LogP contribution in [0.3, 0.4) is 0 Å². The van der Waals surface area contributed by atoms with Crippen molar-refractivity contribution in [3.63, 3.8) is 0 Å². The third kappa shape index (κ3) is 5.06. The normalized spacial score (nSPS) is 19.2. The van der Waals surface area contributed by atoms with Gasteiger partial charge in [-0.3, -0.25) is 9.59 Å². The standard InChI is InChI=1S/C22H27N3O5/c1-13-12-18(25-30-13)20(27)23-17-10-8-15(9-11-17)14-4-6-16(7-5-14)19(26)24-22(2,3)21(28)29/h8-12,14,16H,4-7H2,1-3H3,(H,23,27)(H,24,26)(H,28,29)/t14-,16-. The second-order valence-corrected chi connectivity index (χ2v) is 8.37. The van der Waals surface area contributed by atoms with Crippen molar-refractivity contribution in [2.45, 2.75) is 57.9 Å². The number of aromatic nitrogens is 1. The number of amides is 2. The van der Waals surface area contributed by atoms with E-state index in [4.69, 9.17) is 4.52 Å². The highest BCUT2D eigenvalue weighted by atomic mass is 16.5. The number of carbonyl (C=O) groups is 3. The van der Waals surface area contributed by atoms with Crippen LogP contribution >= 0.6 is 0 Å². The van der Waals surface area contributed by atoms with Gasteiger partial charge in [0.25, 0.3) is 5.91 Å². The van der Waals surface area contributed by atoms with Crippen molar-refractivity contribution in [1.82, 2.24) is 10.5 Å². The van der Waals surface area contributed by atoms with Gasteiger partial charge in [0.05, 0.1) is 0 Å². The predicted octanol–water partition coefficient (Wildman–Crippen LogP) is 3.49. The number of nitrogens with one attached hydrogen (secondary N) is 2. The Morgan fingerprint density at radius 3 is 2.27 bits per heavy atom. The lowest BCUT2D eigenvalue weighted by molar-refractivity contribution is -0.146. The van der Waals surface area contributed by atoms with Gasteiger partial charge >= 0.3 is 5.97 Å². The van der Waals surface area contributed by atoms with E-state index in [1.807, 2.05) is 24.3 Å². The number of anilines is 1. The van der Waals surface area contributed by atoms with Crippen molar-refractivity contribution in [1.29, 1.82) is 0 Å². The Bertz CT molecular complexity index is 925. The Hall–Kier alpha value is -3.16. The quantitative estimate of drug-likeness (QED) is 0.666. The Labute approximate surface area is 175 Å². The number of carbonyl (C=O) groups excluding carboxylic acids is 2. The summed E-state index contributed by atoms with van der Waals surface area (Å²) in [6.07, 6.45) is 3.15. The number of nitrogens with zero attached hydrogens (tertiary/aromatic N) is 1. The van der Waals surface area contributed by atoms with E-state index in [-0.39, 0.29) is 23.4 Å². The first-order valence-corrected chi connectivity index (χ1v) is 10.1. The van der Waals surface area contributed by atoms with Gasteiger partial charge in [-0.25, -0.2) is 4.79 Å². The number of hydrogen-bond donors (Lipinski definition) is 3. The van der Waals surface area contributed by atoms with Gasteiger partial charge in [-0.05, 0) is 70.1 Å². The summed E-state index contributed by atoms with van der Waals surface area (Å²) in [7, 11) is 0. The van der Waals surface area contributed by atoms with E-state index >= 15 is 0 Å². The number of benzene rings is 1. The van der Waals surface area contributed by atoms with E-state index in [1.165, 1.54) is 13.8 Å². The molecule has 1 fully saturated rings. The molecule has 0 aliphatic heterocycles. The van der Waals surface area contributed by atoms with Crippen molar-refractivity contribution in [2.24, 2.45) is 5.92 Å². The van der Waals surface area contributed by atoms with Gasteiger partial charge in [0, 0.05) is 17.7 Å². The fraction of sp³-hybridized carbons (Fsp3) is 0.455.